The van der Waals surface area contributed by atoms with Gasteiger partial charge in [0.1, 0.15) is 11.7 Å². The van der Waals surface area contributed by atoms with Crippen molar-refractivity contribution in [3.63, 3.8) is 0 Å². The average molecular weight is 301 g/mol. The van der Waals surface area contributed by atoms with Crippen LogP contribution in [0.2, 0.25) is 0 Å². The topological polar surface area (TPSA) is 83.3 Å². The summed E-state index contributed by atoms with van der Waals surface area (Å²) in [5.41, 5.74) is 0.904. The zero-order valence-electron chi connectivity index (χ0n) is 12.2. The summed E-state index contributed by atoms with van der Waals surface area (Å²) in [4.78, 5) is 27.9. The minimum absolute atomic E-state index is 0.234. The molecule has 0 spiro atoms. The monoisotopic (exact) mass is 301 g/mol. The smallest absolute Gasteiger partial charge is 0.347 e. The maximum Gasteiger partial charge on any atom is 0.347 e. The lowest BCUT2D eigenvalue weighted by atomic mass is 10.2. The molecule has 0 bridgehead atoms. The third-order valence-electron chi connectivity index (χ3n) is 3.47. The molecule has 114 valence electrons. The maximum atomic E-state index is 12.2. The highest BCUT2D eigenvalue weighted by atomic mass is 16.6. The summed E-state index contributed by atoms with van der Waals surface area (Å²) in [5, 5.41) is 4.15. The number of nitrogens with zero attached hydrogens (tertiary/aromatic N) is 3. The van der Waals surface area contributed by atoms with Crippen LogP contribution in [0.5, 0.6) is 0 Å². The van der Waals surface area contributed by atoms with E-state index in [1.54, 1.807) is 36.9 Å². The average Bonchev–Trinajstić information content (AvgIpc) is 3.02. The molecule has 1 aliphatic rings. The van der Waals surface area contributed by atoms with Crippen LogP contribution < -0.4 is 0 Å². The van der Waals surface area contributed by atoms with Gasteiger partial charge in [0.25, 0.3) is 0 Å². The van der Waals surface area contributed by atoms with Gasteiger partial charge in [0, 0.05) is 12.6 Å². The molecular weight excluding hydrogens is 286 g/mol. The molecule has 1 aliphatic heterocycles. The molecule has 0 radical (unpaired) electrons. The maximum absolute atomic E-state index is 12.2. The number of esters is 2. The standard InChI is InChI=1S/C15H15N3O4/c1-9-7-12(15(20)21-9)22-14(19)11-8-17-18(10(11)2)13-5-3-4-6-16-13/h3-6,8-9,12H,7H2,1-2H3. The summed E-state index contributed by atoms with van der Waals surface area (Å²) in [6, 6.07) is 5.41. The number of ether oxygens (including phenoxy) is 2. The number of hydrogen-bond acceptors (Lipinski definition) is 6. The summed E-state index contributed by atoms with van der Waals surface area (Å²) in [5.74, 6) is -0.487. The number of carbonyl (C=O) groups is 2. The Kier molecular flexibility index (Phi) is 3.62. The number of carbonyl (C=O) groups excluding carboxylic acids is 2. The normalized spacial score (nSPS) is 20.7. The molecular formula is C15H15N3O4. The predicted molar refractivity (Wildman–Crippen MR) is 75.5 cm³/mol. The van der Waals surface area contributed by atoms with E-state index in [1.807, 2.05) is 6.07 Å². The van der Waals surface area contributed by atoms with Crippen molar-refractivity contribution in [2.45, 2.75) is 32.5 Å². The first-order chi connectivity index (χ1) is 10.6. The van der Waals surface area contributed by atoms with Crippen molar-refractivity contribution >= 4 is 11.9 Å². The van der Waals surface area contributed by atoms with Gasteiger partial charge in [-0.25, -0.2) is 19.3 Å². The largest absolute Gasteiger partial charge is 0.460 e. The van der Waals surface area contributed by atoms with Gasteiger partial charge in [-0.05, 0) is 26.0 Å². The molecule has 3 heterocycles. The third kappa shape index (κ3) is 2.57. The van der Waals surface area contributed by atoms with Crippen molar-refractivity contribution in [2.75, 3.05) is 0 Å². The zero-order valence-corrected chi connectivity index (χ0v) is 12.2. The Morgan fingerprint density at radius 2 is 2.27 bits per heavy atom. The molecule has 2 aromatic rings. The van der Waals surface area contributed by atoms with Crippen LogP contribution in [0.25, 0.3) is 5.82 Å². The third-order valence-corrected chi connectivity index (χ3v) is 3.47. The van der Waals surface area contributed by atoms with Crippen molar-refractivity contribution in [3.8, 4) is 5.82 Å². The van der Waals surface area contributed by atoms with E-state index in [4.69, 9.17) is 9.47 Å². The van der Waals surface area contributed by atoms with E-state index in [2.05, 4.69) is 10.1 Å². The Morgan fingerprint density at radius 1 is 1.45 bits per heavy atom. The van der Waals surface area contributed by atoms with Crippen LogP contribution in [0, 0.1) is 6.92 Å². The summed E-state index contributed by atoms with van der Waals surface area (Å²) in [6.07, 6.45) is 2.35. The van der Waals surface area contributed by atoms with Gasteiger partial charge in [0.2, 0.25) is 6.10 Å². The van der Waals surface area contributed by atoms with E-state index in [0.717, 1.165) is 0 Å². The van der Waals surface area contributed by atoms with E-state index < -0.39 is 18.0 Å². The van der Waals surface area contributed by atoms with Crippen LogP contribution in [-0.2, 0) is 14.3 Å². The quantitative estimate of drug-likeness (QED) is 0.798. The van der Waals surface area contributed by atoms with Crippen molar-refractivity contribution in [3.05, 3.63) is 41.9 Å². The molecule has 2 atom stereocenters. The second kappa shape index (κ2) is 5.59. The highest BCUT2D eigenvalue weighted by Crippen LogP contribution is 2.20. The van der Waals surface area contributed by atoms with Crippen LogP contribution in [0.1, 0.15) is 29.4 Å². The van der Waals surface area contributed by atoms with Crippen molar-refractivity contribution in [2.24, 2.45) is 0 Å². The molecule has 2 unspecified atom stereocenters. The lowest BCUT2D eigenvalue weighted by molar-refractivity contribution is -0.147. The van der Waals surface area contributed by atoms with Crippen LogP contribution >= 0.6 is 0 Å². The number of pyridine rings is 1. The van der Waals surface area contributed by atoms with Gasteiger partial charge in [-0.2, -0.15) is 5.10 Å². The number of rotatable bonds is 3. The SMILES string of the molecule is Cc1c(C(=O)OC2CC(C)OC2=O)cnn1-c1ccccn1. The minimum atomic E-state index is -0.847. The zero-order chi connectivity index (χ0) is 15.7. The van der Waals surface area contributed by atoms with Crippen LogP contribution in [0.3, 0.4) is 0 Å². The molecule has 1 fully saturated rings. The van der Waals surface area contributed by atoms with Gasteiger partial charge < -0.3 is 9.47 Å². The van der Waals surface area contributed by atoms with Crippen LogP contribution in [-0.4, -0.2) is 38.9 Å². The van der Waals surface area contributed by atoms with E-state index in [9.17, 15) is 9.59 Å². The molecule has 7 heteroatoms. The highest BCUT2D eigenvalue weighted by Gasteiger charge is 2.35. The highest BCUT2D eigenvalue weighted by molar-refractivity contribution is 5.92. The first-order valence-electron chi connectivity index (χ1n) is 6.93. The lowest BCUT2D eigenvalue weighted by Crippen LogP contribution is -2.23. The van der Waals surface area contributed by atoms with E-state index in [0.29, 0.717) is 23.5 Å². The molecule has 1 saturated heterocycles. The van der Waals surface area contributed by atoms with Gasteiger partial charge in [-0.3, -0.25) is 0 Å². The second-order valence-corrected chi connectivity index (χ2v) is 5.12. The second-order valence-electron chi connectivity index (χ2n) is 5.12. The summed E-state index contributed by atoms with van der Waals surface area (Å²) in [6.45, 7) is 3.50. The van der Waals surface area contributed by atoms with Crippen molar-refractivity contribution < 1.29 is 19.1 Å². The first-order valence-corrected chi connectivity index (χ1v) is 6.93. The first kappa shape index (κ1) is 14.2. The Hall–Kier alpha value is -2.70. The molecule has 0 aliphatic carbocycles. The van der Waals surface area contributed by atoms with Gasteiger partial charge in [0.15, 0.2) is 5.82 Å². The summed E-state index contributed by atoms with van der Waals surface area (Å²) in [7, 11) is 0. The lowest BCUT2D eigenvalue weighted by Gasteiger charge is -2.08. The molecule has 0 saturated carbocycles. The predicted octanol–water partition coefficient (Wildman–Crippen LogP) is 1.44. The van der Waals surface area contributed by atoms with E-state index >= 15 is 0 Å². The van der Waals surface area contributed by atoms with Crippen molar-refractivity contribution in [1.82, 2.24) is 14.8 Å². The molecule has 0 amide bonds. The molecule has 0 N–H and O–H groups in total. The van der Waals surface area contributed by atoms with E-state index in [1.165, 1.54) is 6.20 Å². The van der Waals surface area contributed by atoms with E-state index in [-0.39, 0.29) is 6.10 Å². The molecule has 3 rings (SSSR count). The fourth-order valence-corrected chi connectivity index (χ4v) is 2.33. The van der Waals surface area contributed by atoms with Crippen LogP contribution in [0.15, 0.2) is 30.6 Å². The van der Waals surface area contributed by atoms with Gasteiger partial charge in [-0.1, -0.05) is 6.07 Å². The Bertz CT molecular complexity index is 711. The Balaban J connectivity index is 1.80. The molecule has 7 nitrogen and oxygen atoms in total. The molecule has 2 aromatic heterocycles. The van der Waals surface area contributed by atoms with Crippen molar-refractivity contribution in [1.29, 1.82) is 0 Å². The Labute approximate surface area is 126 Å². The number of cyclic esters (lactones) is 1. The summed E-state index contributed by atoms with van der Waals surface area (Å²) >= 11 is 0. The fourth-order valence-electron chi connectivity index (χ4n) is 2.33. The fraction of sp³-hybridized carbons (Fsp3) is 0.333. The Morgan fingerprint density at radius 3 is 2.91 bits per heavy atom. The summed E-state index contributed by atoms with van der Waals surface area (Å²) < 4.78 is 11.7. The number of aromatic nitrogens is 3. The van der Waals surface area contributed by atoms with Gasteiger partial charge >= 0.3 is 11.9 Å². The number of hydrogen-bond donors (Lipinski definition) is 0. The van der Waals surface area contributed by atoms with Crippen LogP contribution in [0.4, 0.5) is 0 Å². The molecule has 22 heavy (non-hydrogen) atoms. The minimum Gasteiger partial charge on any atom is -0.460 e. The van der Waals surface area contributed by atoms with Gasteiger partial charge in [0.05, 0.1) is 11.9 Å². The van der Waals surface area contributed by atoms with Gasteiger partial charge in [-0.15, -0.1) is 0 Å². The molecule has 0 aromatic carbocycles.